The number of thiophene rings is 1. The van der Waals surface area contributed by atoms with E-state index in [1.54, 1.807) is 7.05 Å². The summed E-state index contributed by atoms with van der Waals surface area (Å²) in [5.41, 5.74) is 0.585. The Labute approximate surface area is 309 Å². The number of piperidine rings is 1. The zero-order chi connectivity index (χ0) is 36.8. The predicted octanol–water partition coefficient (Wildman–Crippen LogP) is 4.51. The fourth-order valence-electron chi connectivity index (χ4n) is 7.16. The van der Waals surface area contributed by atoms with Crippen LogP contribution >= 0.6 is 11.3 Å². The number of halogens is 3. The second-order valence-electron chi connectivity index (χ2n) is 14.2. The predicted molar refractivity (Wildman–Crippen MR) is 200 cm³/mol. The first-order chi connectivity index (χ1) is 24.8. The molecule has 3 aliphatic rings. The second-order valence-corrected chi connectivity index (χ2v) is 16.7. The largest absolute Gasteiger partial charge is 0.598 e. The normalized spacial score (nSPS) is 20.3. The third-order valence-electron chi connectivity index (χ3n) is 10.7. The van der Waals surface area contributed by atoms with Gasteiger partial charge in [0.25, 0.3) is 0 Å². The monoisotopic (exact) mass is 753 g/mol. The molecular formula is C35H43BF3N9O2S2. The maximum atomic E-state index is 13.5. The molecule has 3 fully saturated rings. The van der Waals surface area contributed by atoms with Gasteiger partial charge in [-0.05, 0) is 61.9 Å². The number of hydrogen-bond acceptors (Lipinski definition) is 11. The molecule has 2 saturated heterocycles. The van der Waals surface area contributed by atoms with E-state index in [2.05, 4.69) is 64.4 Å². The molecule has 3 N–H and O–H groups in total. The highest BCUT2D eigenvalue weighted by atomic mass is 32.2. The number of aromatic nitrogens is 3. The van der Waals surface area contributed by atoms with Crippen molar-refractivity contribution in [1.82, 2.24) is 28.6 Å². The summed E-state index contributed by atoms with van der Waals surface area (Å²) in [7, 11) is 6.94. The topological polar surface area (TPSA) is 132 Å². The molecule has 3 aromatic heterocycles. The summed E-state index contributed by atoms with van der Waals surface area (Å²) in [6.45, 7) is 9.42. The minimum Gasteiger partial charge on any atom is -0.598 e. The van der Waals surface area contributed by atoms with Crippen molar-refractivity contribution < 1.29 is 22.8 Å². The lowest BCUT2D eigenvalue weighted by Gasteiger charge is -2.34. The molecule has 2 atom stereocenters. The molecule has 1 saturated carbocycles. The maximum absolute atomic E-state index is 13.5. The Morgan fingerprint density at radius 3 is 2.42 bits per heavy atom. The van der Waals surface area contributed by atoms with Gasteiger partial charge in [-0.3, -0.25) is 9.80 Å². The van der Waals surface area contributed by atoms with Gasteiger partial charge in [-0.25, -0.2) is 4.98 Å². The van der Waals surface area contributed by atoms with Crippen molar-refractivity contribution in [3.8, 4) is 6.07 Å². The van der Waals surface area contributed by atoms with Gasteiger partial charge < -0.3 is 24.9 Å². The van der Waals surface area contributed by atoms with E-state index in [1.807, 2.05) is 6.07 Å². The van der Waals surface area contributed by atoms with Crippen molar-refractivity contribution >= 4 is 63.4 Å². The molecule has 5 heterocycles. The summed E-state index contributed by atoms with van der Waals surface area (Å²) in [5.74, 6) is 2.11. The number of nitrogens with one attached hydrogen (secondary N) is 2. The molecule has 52 heavy (non-hydrogen) atoms. The number of hydrogen-bond donors (Lipinski definition) is 3. The lowest BCUT2D eigenvalue weighted by molar-refractivity contribution is -0.228. The molecule has 0 spiro atoms. The van der Waals surface area contributed by atoms with Gasteiger partial charge in [0.05, 0.1) is 18.5 Å². The number of fused-ring (bicyclic) bond motifs is 2. The van der Waals surface area contributed by atoms with Crippen molar-refractivity contribution in [1.29, 1.82) is 5.26 Å². The molecule has 4 aromatic rings. The van der Waals surface area contributed by atoms with Gasteiger partial charge >= 0.3 is 6.18 Å². The van der Waals surface area contributed by atoms with Gasteiger partial charge in [0.1, 0.15) is 41.5 Å². The summed E-state index contributed by atoms with van der Waals surface area (Å²) in [6, 6.07) is 9.95. The van der Waals surface area contributed by atoms with E-state index in [0.717, 1.165) is 87.4 Å². The Morgan fingerprint density at radius 1 is 1.04 bits per heavy atom. The van der Waals surface area contributed by atoms with Crippen LogP contribution in [0, 0.1) is 24.2 Å². The van der Waals surface area contributed by atoms with Crippen LogP contribution < -0.4 is 10.6 Å². The van der Waals surface area contributed by atoms with Crippen LogP contribution in [0.2, 0.25) is 0 Å². The van der Waals surface area contributed by atoms with Gasteiger partial charge in [0, 0.05) is 92.0 Å². The zero-order valence-electron chi connectivity index (χ0n) is 29.4. The minimum absolute atomic E-state index is 0.0328. The highest BCUT2D eigenvalue weighted by Gasteiger charge is 2.51. The van der Waals surface area contributed by atoms with E-state index < -0.39 is 27.9 Å². The molecule has 1 aromatic carbocycles. The highest BCUT2D eigenvalue weighted by molar-refractivity contribution is 7.89. The van der Waals surface area contributed by atoms with E-state index in [4.69, 9.17) is 7.85 Å². The van der Waals surface area contributed by atoms with E-state index in [1.165, 1.54) is 24.5 Å². The molecule has 7 rings (SSSR count). The van der Waals surface area contributed by atoms with Crippen LogP contribution in [-0.4, -0.2) is 117 Å². The summed E-state index contributed by atoms with van der Waals surface area (Å²) in [6.07, 6.45) is -1.03. The van der Waals surface area contributed by atoms with Gasteiger partial charge in [0.2, 0.25) is 5.95 Å². The summed E-state index contributed by atoms with van der Waals surface area (Å²) < 4.78 is 57.3. The smallest absolute Gasteiger partial charge is 0.413 e. The Morgan fingerprint density at radius 2 is 1.77 bits per heavy atom. The maximum Gasteiger partial charge on any atom is 0.413 e. The molecule has 11 nitrogen and oxygen atoms in total. The zero-order valence-corrected chi connectivity index (χ0v) is 31.0. The van der Waals surface area contributed by atoms with Gasteiger partial charge in [0.15, 0.2) is 0 Å². The second kappa shape index (κ2) is 15.0. The van der Waals surface area contributed by atoms with Crippen molar-refractivity contribution in [3.05, 3.63) is 46.0 Å². The molecular weight excluding hydrogens is 710 g/mol. The van der Waals surface area contributed by atoms with Crippen molar-refractivity contribution in [3.63, 3.8) is 0 Å². The SMILES string of the molecule is [B]C(O)(c1cc2c(NC3CCN(Cc4ccc5c(cc(C#N)n5CCN5CCN([S+]([O-])CC6CC6)CC5)c4C)CC3)nc(NC)nc2s1)C(F)(F)F. The summed E-state index contributed by atoms with van der Waals surface area (Å²) >= 11 is -0.179. The van der Waals surface area contributed by atoms with E-state index >= 15 is 0 Å². The van der Waals surface area contributed by atoms with E-state index in [0.29, 0.717) is 40.7 Å². The number of nitriles is 1. The van der Waals surface area contributed by atoms with E-state index in [-0.39, 0.29) is 16.8 Å². The number of likely N-dealkylation sites (tertiary alicyclic amines) is 1. The van der Waals surface area contributed by atoms with Crippen LogP contribution in [0.15, 0.2) is 24.3 Å². The average molecular weight is 754 g/mol. The average Bonchev–Trinajstić information content (AvgIpc) is 3.69. The molecule has 2 aliphatic heterocycles. The summed E-state index contributed by atoms with van der Waals surface area (Å²) in [4.78, 5) is 13.4. The number of alkyl halides is 3. The van der Waals surface area contributed by atoms with Crippen LogP contribution in [0.5, 0.6) is 0 Å². The molecule has 0 bridgehead atoms. The Bertz CT molecular complexity index is 1950. The van der Waals surface area contributed by atoms with Gasteiger partial charge in [-0.15, -0.1) is 15.6 Å². The molecule has 1 aliphatic carbocycles. The number of benzene rings is 1. The fraction of sp³-hybridized carbons (Fsp3) is 0.571. The number of piperazine rings is 1. The Kier molecular flexibility index (Phi) is 10.7. The lowest BCUT2D eigenvalue weighted by Crippen LogP contribution is -2.50. The van der Waals surface area contributed by atoms with Crippen LogP contribution in [0.3, 0.4) is 0 Å². The number of aryl methyl sites for hydroxylation is 1. The highest BCUT2D eigenvalue weighted by Crippen LogP contribution is 2.42. The van der Waals surface area contributed by atoms with Crippen LogP contribution in [0.4, 0.5) is 24.9 Å². The molecule has 2 radical (unpaired) electrons. The number of rotatable bonds is 12. The minimum atomic E-state index is -5.05. The van der Waals surface area contributed by atoms with Crippen molar-refractivity contribution in [2.75, 3.05) is 69.2 Å². The van der Waals surface area contributed by atoms with Crippen LogP contribution in [0.25, 0.3) is 21.1 Å². The molecule has 0 amide bonds. The number of nitrogens with zero attached hydrogens (tertiary/aromatic N) is 7. The summed E-state index contributed by atoms with van der Waals surface area (Å²) in [5, 5.41) is 27.8. The Balaban J connectivity index is 0.968. The van der Waals surface area contributed by atoms with Crippen molar-refractivity contribution in [2.45, 2.75) is 63.4 Å². The van der Waals surface area contributed by atoms with Gasteiger partial charge in [-0.2, -0.15) is 23.4 Å². The first-order valence-corrected chi connectivity index (χ1v) is 19.9. The standard InChI is InChI=1S/C35H43BF3N9O2S2/c1-22-24(5-6-29-27(22)17-26(19-40)48(29)16-13-45-11-14-47(15-12-45)52(50)21-23-3-4-23)20-46-9-7-25(8-10-46)42-31-28-18-30(34(36,49)35(37,38)39)51-32(28)44-33(41-2)43-31/h5-6,17-18,23,25,49H,3-4,7-16,20-21H2,1-2H3,(H2,41,42,43,44). The quantitative estimate of drug-likeness (QED) is 0.140. The Hall–Kier alpha value is -3.11. The molecule has 276 valence electrons. The van der Waals surface area contributed by atoms with Gasteiger partial charge in [-0.1, -0.05) is 6.07 Å². The first-order valence-electron chi connectivity index (χ1n) is 17.8. The molecule has 2 unspecified atom stereocenters. The van der Waals surface area contributed by atoms with Crippen molar-refractivity contribution in [2.24, 2.45) is 5.92 Å². The third kappa shape index (κ3) is 7.75. The number of anilines is 2. The lowest BCUT2D eigenvalue weighted by atomic mass is 9.79. The first kappa shape index (κ1) is 37.2. The number of aliphatic hydroxyl groups is 1. The third-order valence-corrected chi connectivity index (χ3v) is 13.5. The van der Waals surface area contributed by atoms with Crippen LogP contribution in [-0.2, 0) is 30.0 Å². The molecule has 17 heteroatoms. The van der Waals surface area contributed by atoms with E-state index in [9.17, 15) is 28.1 Å². The van der Waals surface area contributed by atoms with Crippen LogP contribution in [0.1, 0.15) is 47.4 Å². The fourth-order valence-corrected chi connectivity index (χ4v) is 9.73.